The third kappa shape index (κ3) is 5.34. The molecule has 2 fully saturated rings. The van der Waals surface area contributed by atoms with Crippen LogP contribution >= 0.6 is 23.2 Å². The summed E-state index contributed by atoms with van der Waals surface area (Å²) in [6.07, 6.45) is 1.80. The highest BCUT2D eigenvalue weighted by Gasteiger charge is 2.36. The quantitative estimate of drug-likeness (QED) is 0.755. The number of aliphatic hydroxyl groups excluding tert-OH is 1. The van der Waals surface area contributed by atoms with Crippen molar-refractivity contribution in [2.45, 2.75) is 31.3 Å². The van der Waals surface area contributed by atoms with Gasteiger partial charge in [-0.1, -0.05) is 29.3 Å². The minimum atomic E-state index is -0.383. The molecule has 2 aliphatic rings. The number of carbonyl (C=O) groups excluding carboxylic acids is 2. The molecule has 0 spiro atoms. The molecule has 2 saturated heterocycles. The number of hydrogen-bond donors (Lipinski definition) is 1. The van der Waals surface area contributed by atoms with Crippen molar-refractivity contribution < 1.29 is 19.4 Å². The van der Waals surface area contributed by atoms with E-state index in [9.17, 15) is 14.7 Å². The molecule has 160 valence electrons. The summed E-state index contributed by atoms with van der Waals surface area (Å²) in [6.45, 7) is 2.89. The van der Waals surface area contributed by atoms with E-state index in [0.717, 1.165) is 24.9 Å². The highest BCUT2D eigenvalue weighted by Crippen LogP contribution is 2.24. The lowest BCUT2D eigenvalue weighted by atomic mass is 10.1. The van der Waals surface area contributed by atoms with E-state index in [1.54, 1.807) is 23.1 Å². The minimum Gasteiger partial charge on any atom is -0.453 e. The average molecular weight is 444 g/mol. The first-order valence-corrected chi connectivity index (χ1v) is 10.6. The van der Waals surface area contributed by atoms with E-state index in [1.165, 1.54) is 7.11 Å². The maximum Gasteiger partial charge on any atom is 0.409 e. The smallest absolute Gasteiger partial charge is 0.409 e. The Morgan fingerprint density at radius 1 is 1.17 bits per heavy atom. The van der Waals surface area contributed by atoms with Crippen LogP contribution in [0.4, 0.5) is 4.79 Å². The molecule has 9 heteroatoms. The molecule has 2 unspecified atom stereocenters. The number of likely N-dealkylation sites (tertiary alicyclic amines) is 1. The highest BCUT2D eigenvalue weighted by molar-refractivity contribution is 6.42. The lowest BCUT2D eigenvalue weighted by Crippen LogP contribution is -2.60. The van der Waals surface area contributed by atoms with Crippen LogP contribution in [0.15, 0.2) is 18.2 Å². The summed E-state index contributed by atoms with van der Waals surface area (Å²) in [5.74, 6) is -0.0161. The second-order valence-corrected chi connectivity index (χ2v) is 8.37. The van der Waals surface area contributed by atoms with Crippen molar-refractivity contribution in [1.82, 2.24) is 14.7 Å². The number of carbonyl (C=O) groups is 2. The molecule has 7 nitrogen and oxygen atoms in total. The maximum atomic E-state index is 13.1. The van der Waals surface area contributed by atoms with E-state index in [2.05, 4.69) is 4.90 Å². The van der Waals surface area contributed by atoms with Crippen LogP contribution in [0.1, 0.15) is 18.4 Å². The number of rotatable bonds is 5. The second kappa shape index (κ2) is 9.98. The Bertz CT molecular complexity index is 748. The monoisotopic (exact) mass is 443 g/mol. The van der Waals surface area contributed by atoms with Crippen molar-refractivity contribution in [3.63, 3.8) is 0 Å². The van der Waals surface area contributed by atoms with Gasteiger partial charge >= 0.3 is 6.09 Å². The van der Waals surface area contributed by atoms with Gasteiger partial charge in [0, 0.05) is 32.2 Å². The second-order valence-electron chi connectivity index (χ2n) is 7.56. The number of halogens is 2. The van der Waals surface area contributed by atoms with Crippen LogP contribution in [-0.4, -0.2) is 90.3 Å². The molecule has 3 rings (SSSR count). The zero-order valence-electron chi connectivity index (χ0n) is 16.5. The highest BCUT2D eigenvalue weighted by atomic mass is 35.5. The Morgan fingerprint density at radius 3 is 2.66 bits per heavy atom. The van der Waals surface area contributed by atoms with Gasteiger partial charge in [0.2, 0.25) is 5.91 Å². The molecule has 29 heavy (non-hydrogen) atoms. The lowest BCUT2D eigenvalue weighted by molar-refractivity contribution is -0.135. The molecule has 2 heterocycles. The van der Waals surface area contributed by atoms with Crippen LogP contribution in [0.5, 0.6) is 0 Å². The fourth-order valence-electron chi connectivity index (χ4n) is 4.17. The number of aliphatic hydroxyl groups is 1. The van der Waals surface area contributed by atoms with Crippen molar-refractivity contribution in [2.75, 3.05) is 46.4 Å². The Labute approximate surface area is 181 Å². The zero-order chi connectivity index (χ0) is 21.0. The molecule has 2 aliphatic heterocycles. The van der Waals surface area contributed by atoms with E-state index in [4.69, 9.17) is 27.9 Å². The van der Waals surface area contributed by atoms with Crippen LogP contribution < -0.4 is 0 Å². The lowest BCUT2D eigenvalue weighted by Gasteiger charge is -2.43. The molecule has 2 atom stereocenters. The van der Waals surface area contributed by atoms with Gasteiger partial charge < -0.3 is 19.6 Å². The summed E-state index contributed by atoms with van der Waals surface area (Å²) < 4.78 is 4.87. The Kier molecular flexibility index (Phi) is 7.62. The molecule has 0 saturated carbocycles. The number of amides is 2. The number of ether oxygens (including phenoxy) is 1. The number of methoxy groups -OCH3 is 1. The van der Waals surface area contributed by atoms with Crippen molar-refractivity contribution in [3.8, 4) is 0 Å². The van der Waals surface area contributed by atoms with Crippen LogP contribution in [0.25, 0.3) is 0 Å². The molecule has 1 aromatic carbocycles. The van der Waals surface area contributed by atoms with Gasteiger partial charge in [0.05, 0.1) is 36.2 Å². The van der Waals surface area contributed by atoms with Gasteiger partial charge in [-0.15, -0.1) is 0 Å². The van der Waals surface area contributed by atoms with Crippen LogP contribution in [0, 0.1) is 0 Å². The summed E-state index contributed by atoms with van der Waals surface area (Å²) >= 11 is 12.1. The Morgan fingerprint density at radius 2 is 1.97 bits per heavy atom. The van der Waals surface area contributed by atoms with Crippen molar-refractivity contribution in [2.24, 2.45) is 0 Å². The van der Waals surface area contributed by atoms with Gasteiger partial charge in [0.15, 0.2) is 0 Å². The molecule has 0 bridgehead atoms. The maximum absolute atomic E-state index is 13.1. The summed E-state index contributed by atoms with van der Waals surface area (Å²) in [7, 11) is 1.36. The standard InChI is InChI=1S/C20H27Cl2N3O4/c1-29-20(28)24-7-8-25(16(12-24)11-23-6-2-3-15(23)13-26)19(27)10-14-4-5-17(21)18(22)9-14/h4-5,9,15-16,26H,2-3,6-8,10-13H2,1H3. The van der Waals surface area contributed by atoms with E-state index in [-0.39, 0.29) is 37.1 Å². The van der Waals surface area contributed by atoms with Crippen LogP contribution in [0.3, 0.4) is 0 Å². The first-order chi connectivity index (χ1) is 13.9. The third-order valence-electron chi connectivity index (χ3n) is 5.73. The Balaban J connectivity index is 1.73. The fraction of sp³-hybridized carbons (Fsp3) is 0.600. The number of benzene rings is 1. The summed E-state index contributed by atoms with van der Waals surface area (Å²) in [5, 5.41) is 10.5. The average Bonchev–Trinajstić information content (AvgIpc) is 3.17. The fourth-order valence-corrected chi connectivity index (χ4v) is 4.49. The first-order valence-electron chi connectivity index (χ1n) is 9.84. The van der Waals surface area contributed by atoms with Gasteiger partial charge in [-0.2, -0.15) is 0 Å². The predicted molar refractivity (Wildman–Crippen MR) is 111 cm³/mol. The van der Waals surface area contributed by atoms with Crippen molar-refractivity contribution >= 4 is 35.2 Å². The number of hydrogen-bond acceptors (Lipinski definition) is 5. The van der Waals surface area contributed by atoms with Crippen molar-refractivity contribution in [1.29, 1.82) is 0 Å². The first kappa shape index (κ1) is 22.2. The molecule has 0 radical (unpaired) electrons. The molecule has 0 aliphatic carbocycles. The number of piperazine rings is 1. The molecule has 1 aromatic rings. The molecular formula is C20H27Cl2N3O4. The van der Waals surface area contributed by atoms with Gasteiger partial charge in [-0.3, -0.25) is 9.69 Å². The molecule has 1 N–H and O–H groups in total. The zero-order valence-corrected chi connectivity index (χ0v) is 18.0. The van der Waals surface area contributed by atoms with E-state index in [0.29, 0.717) is 36.2 Å². The van der Waals surface area contributed by atoms with E-state index < -0.39 is 0 Å². The van der Waals surface area contributed by atoms with Gasteiger partial charge in [0.25, 0.3) is 0 Å². The summed E-state index contributed by atoms with van der Waals surface area (Å²) in [5.41, 5.74) is 0.799. The van der Waals surface area contributed by atoms with Crippen LogP contribution in [-0.2, 0) is 16.0 Å². The van der Waals surface area contributed by atoms with E-state index in [1.807, 2.05) is 4.90 Å². The predicted octanol–water partition coefficient (Wildman–Crippen LogP) is 2.27. The molecular weight excluding hydrogens is 417 g/mol. The van der Waals surface area contributed by atoms with Gasteiger partial charge in [-0.25, -0.2) is 4.79 Å². The number of nitrogens with zero attached hydrogens (tertiary/aromatic N) is 3. The Hall–Kier alpha value is -1.54. The van der Waals surface area contributed by atoms with Gasteiger partial charge in [0.1, 0.15) is 0 Å². The largest absolute Gasteiger partial charge is 0.453 e. The SMILES string of the molecule is COC(=O)N1CCN(C(=O)Cc2ccc(Cl)c(Cl)c2)C(CN2CCCC2CO)C1. The normalized spacial score (nSPS) is 22.8. The summed E-state index contributed by atoms with van der Waals surface area (Å²) in [4.78, 5) is 30.8. The molecule has 0 aromatic heterocycles. The van der Waals surface area contributed by atoms with Crippen molar-refractivity contribution in [3.05, 3.63) is 33.8 Å². The van der Waals surface area contributed by atoms with Crippen LogP contribution in [0.2, 0.25) is 10.0 Å². The minimum absolute atomic E-state index is 0.0161. The summed E-state index contributed by atoms with van der Waals surface area (Å²) in [6, 6.07) is 5.15. The molecule has 2 amide bonds. The third-order valence-corrected chi connectivity index (χ3v) is 6.47. The van der Waals surface area contributed by atoms with E-state index >= 15 is 0 Å². The van der Waals surface area contributed by atoms with Gasteiger partial charge in [-0.05, 0) is 37.1 Å². The topological polar surface area (TPSA) is 73.3 Å².